The molecule has 98 valence electrons. The van der Waals surface area contributed by atoms with Gasteiger partial charge in [-0.3, -0.25) is 0 Å². The van der Waals surface area contributed by atoms with Gasteiger partial charge in [-0.25, -0.2) is 9.37 Å². The fraction of sp³-hybridized carbons (Fsp3) is 0.250. The Morgan fingerprint density at radius 1 is 1.56 bits per heavy atom. The molecule has 1 heterocycles. The molecule has 0 saturated carbocycles. The summed E-state index contributed by atoms with van der Waals surface area (Å²) in [5, 5.41) is 1.01. The van der Waals surface area contributed by atoms with E-state index in [-0.39, 0.29) is 31.4 Å². The topological polar surface area (TPSA) is 48.1 Å². The molecule has 3 nitrogen and oxygen atoms in total. The highest BCUT2D eigenvalue weighted by Gasteiger charge is 2.03. The molecule has 0 fully saturated rings. The molecule has 6 heteroatoms. The molecule has 18 heavy (non-hydrogen) atoms. The van der Waals surface area contributed by atoms with Crippen molar-refractivity contribution in [2.24, 2.45) is 5.73 Å². The Balaban J connectivity index is 0.00000162. The van der Waals surface area contributed by atoms with Gasteiger partial charge in [0, 0.05) is 12.6 Å². The molecule has 0 spiro atoms. The van der Waals surface area contributed by atoms with Crippen LogP contribution in [0.25, 0.3) is 10.2 Å². The minimum Gasteiger partial charge on any atom is -0.486 e. The van der Waals surface area contributed by atoms with E-state index in [1.807, 2.05) is 25.1 Å². The number of aryl methyl sites for hydroxylation is 1. The molecule has 2 N–H and O–H groups in total. The number of nitrogens with two attached hydrogens (primary N) is 1. The lowest BCUT2D eigenvalue weighted by molar-refractivity contribution is 0.318. The van der Waals surface area contributed by atoms with Crippen LogP contribution in [0.3, 0.4) is 0 Å². The maximum atomic E-state index is 13.0. The van der Waals surface area contributed by atoms with Gasteiger partial charge in [-0.15, -0.1) is 23.7 Å². The van der Waals surface area contributed by atoms with Crippen LogP contribution in [0.15, 0.2) is 30.1 Å². The number of aromatic nitrogens is 1. The van der Waals surface area contributed by atoms with Gasteiger partial charge in [-0.05, 0) is 25.1 Å². The predicted octanol–water partition coefficient (Wildman–Crippen LogP) is 3.22. The number of thiazole rings is 1. The summed E-state index contributed by atoms with van der Waals surface area (Å²) >= 11 is 1.62. The Morgan fingerprint density at radius 3 is 3.06 bits per heavy atom. The zero-order chi connectivity index (χ0) is 12.3. The first-order chi connectivity index (χ1) is 8.19. The van der Waals surface area contributed by atoms with Gasteiger partial charge in [0.15, 0.2) is 0 Å². The average Bonchev–Trinajstić information content (AvgIpc) is 2.66. The van der Waals surface area contributed by atoms with Gasteiger partial charge in [0.1, 0.15) is 18.2 Å². The second-order valence-corrected chi connectivity index (χ2v) is 4.77. The highest BCUT2D eigenvalue weighted by Crippen LogP contribution is 2.25. The largest absolute Gasteiger partial charge is 0.486 e. The molecule has 2 aromatic rings. The Morgan fingerprint density at radius 2 is 2.33 bits per heavy atom. The number of hydrogen-bond acceptors (Lipinski definition) is 4. The van der Waals surface area contributed by atoms with Crippen LogP contribution in [0.1, 0.15) is 5.01 Å². The molecule has 2 rings (SSSR count). The third kappa shape index (κ3) is 3.66. The number of fused-ring (bicyclic) bond motifs is 1. The van der Waals surface area contributed by atoms with Crippen LogP contribution in [-0.2, 0) is 0 Å². The van der Waals surface area contributed by atoms with E-state index in [4.69, 9.17) is 10.5 Å². The maximum Gasteiger partial charge on any atom is 0.139 e. The van der Waals surface area contributed by atoms with Crippen molar-refractivity contribution in [3.05, 3.63) is 35.1 Å². The number of benzene rings is 1. The zero-order valence-corrected chi connectivity index (χ0v) is 11.5. The van der Waals surface area contributed by atoms with Gasteiger partial charge in [-0.1, -0.05) is 0 Å². The number of ether oxygens (including phenoxy) is 1. The van der Waals surface area contributed by atoms with Crippen molar-refractivity contribution in [3.63, 3.8) is 0 Å². The molecule has 0 aliphatic rings. The Kier molecular flexibility index (Phi) is 5.53. The Hall–Kier alpha value is -1.17. The second kappa shape index (κ2) is 6.68. The van der Waals surface area contributed by atoms with E-state index in [1.165, 1.54) is 6.08 Å². The highest BCUT2D eigenvalue weighted by molar-refractivity contribution is 7.18. The lowest BCUT2D eigenvalue weighted by atomic mass is 10.3. The minimum absolute atomic E-state index is 0. The van der Waals surface area contributed by atoms with Crippen molar-refractivity contribution >= 4 is 34.0 Å². The van der Waals surface area contributed by atoms with Gasteiger partial charge < -0.3 is 10.5 Å². The fourth-order valence-corrected chi connectivity index (χ4v) is 2.26. The van der Waals surface area contributed by atoms with Crippen molar-refractivity contribution in [1.82, 2.24) is 4.98 Å². The lowest BCUT2D eigenvalue weighted by Crippen LogP contribution is -2.01. The summed E-state index contributed by atoms with van der Waals surface area (Å²) in [6.07, 6.45) is 1.30. The molecule has 0 saturated heterocycles. The van der Waals surface area contributed by atoms with Crippen LogP contribution in [0.5, 0.6) is 5.75 Å². The number of hydrogen-bond donors (Lipinski definition) is 1. The quantitative estimate of drug-likeness (QED) is 0.940. The molecule has 0 aliphatic heterocycles. The van der Waals surface area contributed by atoms with E-state index in [0.29, 0.717) is 5.75 Å². The Labute approximate surface area is 115 Å². The van der Waals surface area contributed by atoms with Crippen LogP contribution < -0.4 is 10.5 Å². The fourth-order valence-electron chi connectivity index (χ4n) is 1.45. The first-order valence-corrected chi connectivity index (χ1v) is 6.05. The summed E-state index contributed by atoms with van der Waals surface area (Å²) in [4.78, 5) is 4.35. The van der Waals surface area contributed by atoms with E-state index < -0.39 is 0 Å². The first-order valence-electron chi connectivity index (χ1n) is 5.23. The van der Waals surface area contributed by atoms with Crippen molar-refractivity contribution < 1.29 is 9.13 Å². The monoisotopic (exact) mass is 288 g/mol. The maximum absolute atomic E-state index is 13.0. The van der Waals surface area contributed by atoms with Crippen LogP contribution in [-0.4, -0.2) is 18.1 Å². The summed E-state index contributed by atoms with van der Waals surface area (Å²) < 4.78 is 19.5. The Bertz CT molecular complexity index is 556. The zero-order valence-electron chi connectivity index (χ0n) is 9.85. The molecule has 0 bridgehead atoms. The van der Waals surface area contributed by atoms with Gasteiger partial charge in [0.2, 0.25) is 0 Å². The summed E-state index contributed by atoms with van der Waals surface area (Å²) in [6.45, 7) is 2.04. The summed E-state index contributed by atoms with van der Waals surface area (Å²) in [7, 11) is 0. The summed E-state index contributed by atoms with van der Waals surface area (Å²) in [6, 6.07) is 5.56. The van der Waals surface area contributed by atoms with E-state index in [9.17, 15) is 4.39 Å². The molecular formula is C12H14ClFN2OS. The van der Waals surface area contributed by atoms with Crippen LogP contribution in [0.4, 0.5) is 4.39 Å². The van der Waals surface area contributed by atoms with Gasteiger partial charge in [0.05, 0.1) is 15.2 Å². The molecule has 0 amide bonds. The second-order valence-electron chi connectivity index (χ2n) is 3.54. The smallest absolute Gasteiger partial charge is 0.139 e. The third-order valence-electron chi connectivity index (χ3n) is 2.18. The van der Waals surface area contributed by atoms with Crippen molar-refractivity contribution in [2.45, 2.75) is 6.92 Å². The average molecular weight is 289 g/mol. The van der Waals surface area contributed by atoms with E-state index in [0.717, 1.165) is 15.2 Å². The lowest BCUT2D eigenvalue weighted by Gasteiger charge is -2.03. The van der Waals surface area contributed by atoms with Crippen LogP contribution >= 0.6 is 23.7 Å². The van der Waals surface area contributed by atoms with Crippen molar-refractivity contribution in [3.8, 4) is 5.75 Å². The summed E-state index contributed by atoms with van der Waals surface area (Å²) in [5.41, 5.74) is 6.08. The molecule has 0 unspecified atom stereocenters. The molecule has 0 atom stereocenters. The number of nitrogens with zero attached hydrogens (tertiary/aromatic N) is 1. The summed E-state index contributed by atoms with van der Waals surface area (Å²) in [5.74, 6) is 0.255. The minimum atomic E-state index is -0.359. The van der Waals surface area contributed by atoms with E-state index in [1.54, 1.807) is 11.3 Å². The van der Waals surface area contributed by atoms with Gasteiger partial charge >= 0.3 is 0 Å². The standard InChI is InChI=1S/C12H13FN2OS.ClH/c1-8-15-11-6-10(2-3-12(11)17-8)16-7-9(13)4-5-14;/h2-4,6H,5,7,14H2,1H3;1H/b9-4+;. The van der Waals surface area contributed by atoms with Gasteiger partial charge in [-0.2, -0.15) is 0 Å². The van der Waals surface area contributed by atoms with Gasteiger partial charge in [0.25, 0.3) is 0 Å². The van der Waals surface area contributed by atoms with Crippen LogP contribution in [0, 0.1) is 6.92 Å². The van der Waals surface area contributed by atoms with E-state index >= 15 is 0 Å². The third-order valence-corrected chi connectivity index (χ3v) is 3.13. The highest BCUT2D eigenvalue weighted by atomic mass is 35.5. The number of rotatable bonds is 4. The molecule has 1 aromatic carbocycles. The normalized spacial score (nSPS) is 11.4. The predicted molar refractivity (Wildman–Crippen MR) is 75.3 cm³/mol. The van der Waals surface area contributed by atoms with Crippen molar-refractivity contribution in [1.29, 1.82) is 0 Å². The molecule has 0 aliphatic carbocycles. The van der Waals surface area contributed by atoms with E-state index in [2.05, 4.69) is 4.98 Å². The van der Waals surface area contributed by atoms with Crippen LogP contribution in [0.2, 0.25) is 0 Å². The number of halogens is 2. The first kappa shape index (κ1) is 14.9. The molecule has 0 radical (unpaired) electrons. The SMILES string of the molecule is Cc1nc2cc(OC/C(F)=C\CN)ccc2s1.Cl. The molecular weight excluding hydrogens is 275 g/mol. The van der Waals surface area contributed by atoms with Crippen molar-refractivity contribution in [2.75, 3.05) is 13.2 Å². The molecule has 1 aromatic heterocycles.